The van der Waals surface area contributed by atoms with E-state index in [9.17, 15) is 24.6 Å². The number of phenolic OH excluding ortho intramolecular Hbond substituents is 1. The standard InChI is InChI=1S/C23H37N3O6/c1-8-12-26(20(30)17(14-27)24-21(31)32-23(5,6)7)18(19(29)25-22(2,3)4)15-10-9-11-16(28)13-15/h9-11,13,17-18,27-28H,8,12,14H2,1-7H3,(H,24,31)(H,25,29). The summed E-state index contributed by atoms with van der Waals surface area (Å²) in [6.45, 7) is 11.8. The molecule has 0 bridgehead atoms. The summed E-state index contributed by atoms with van der Waals surface area (Å²) < 4.78 is 5.19. The molecule has 9 nitrogen and oxygen atoms in total. The Morgan fingerprint density at radius 3 is 2.22 bits per heavy atom. The Balaban J connectivity index is 3.34. The highest BCUT2D eigenvalue weighted by atomic mass is 16.6. The molecule has 2 unspecified atom stereocenters. The lowest BCUT2D eigenvalue weighted by Crippen LogP contribution is -2.55. The second-order valence-electron chi connectivity index (χ2n) is 9.65. The molecule has 0 aromatic heterocycles. The lowest BCUT2D eigenvalue weighted by Gasteiger charge is -2.35. The fourth-order valence-electron chi connectivity index (χ4n) is 3.05. The molecule has 1 aromatic carbocycles. The zero-order valence-corrected chi connectivity index (χ0v) is 20.1. The minimum atomic E-state index is -1.31. The average Bonchev–Trinajstić information content (AvgIpc) is 2.62. The van der Waals surface area contributed by atoms with Crippen molar-refractivity contribution in [3.63, 3.8) is 0 Å². The molecule has 32 heavy (non-hydrogen) atoms. The number of aromatic hydroxyl groups is 1. The van der Waals surface area contributed by atoms with Gasteiger partial charge in [-0.1, -0.05) is 19.1 Å². The van der Waals surface area contributed by atoms with Crippen LogP contribution >= 0.6 is 0 Å². The number of ether oxygens (including phenoxy) is 1. The van der Waals surface area contributed by atoms with Gasteiger partial charge < -0.3 is 30.5 Å². The van der Waals surface area contributed by atoms with Crippen LogP contribution in [0.4, 0.5) is 4.79 Å². The molecule has 3 amide bonds. The molecule has 0 aliphatic carbocycles. The fourth-order valence-corrected chi connectivity index (χ4v) is 3.05. The van der Waals surface area contributed by atoms with Crippen molar-refractivity contribution in [2.75, 3.05) is 13.2 Å². The predicted molar refractivity (Wildman–Crippen MR) is 121 cm³/mol. The van der Waals surface area contributed by atoms with Crippen molar-refractivity contribution in [2.24, 2.45) is 0 Å². The molecular formula is C23H37N3O6. The van der Waals surface area contributed by atoms with Gasteiger partial charge in [-0.25, -0.2) is 4.79 Å². The van der Waals surface area contributed by atoms with E-state index in [2.05, 4.69) is 10.6 Å². The second kappa shape index (κ2) is 11.2. The molecule has 0 radical (unpaired) electrons. The Bertz CT molecular complexity index is 798. The normalized spacial score (nSPS) is 13.6. The smallest absolute Gasteiger partial charge is 0.408 e. The van der Waals surface area contributed by atoms with Crippen molar-refractivity contribution in [2.45, 2.75) is 78.1 Å². The summed E-state index contributed by atoms with van der Waals surface area (Å²) in [4.78, 5) is 40.1. The zero-order valence-electron chi connectivity index (χ0n) is 20.1. The number of amides is 3. The maximum Gasteiger partial charge on any atom is 0.408 e. The first-order valence-electron chi connectivity index (χ1n) is 10.7. The van der Waals surface area contributed by atoms with Gasteiger partial charge in [0.05, 0.1) is 6.61 Å². The van der Waals surface area contributed by atoms with E-state index >= 15 is 0 Å². The highest BCUT2D eigenvalue weighted by Crippen LogP contribution is 2.26. The Kier molecular flexibility index (Phi) is 9.51. The number of hydrogen-bond acceptors (Lipinski definition) is 6. The van der Waals surface area contributed by atoms with Gasteiger partial charge in [0.15, 0.2) is 0 Å². The maximum absolute atomic E-state index is 13.4. The zero-order chi connectivity index (χ0) is 24.7. The Hall–Kier alpha value is -2.81. The van der Waals surface area contributed by atoms with Gasteiger partial charge in [0.25, 0.3) is 0 Å². The number of nitrogens with one attached hydrogen (secondary N) is 2. The molecule has 0 aliphatic rings. The third-order valence-electron chi connectivity index (χ3n) is 4.16. The fraction of sp³-hybridized carbons (Fsp3) is 0.609. The van der Waals surface area contributed by atoms with E-state index in [1.165, 1.54) is 17.0 Å². The SMILES string of the molecule is CCCN(C(=O)C(CO)NC(=O)OC(C)(C)C)C(C(=O)NC(C)(C)C)c1cccc(O)c1. The van der Waals surface area contributed by atoms with E-state index in [1.54, 1.807) is 32.9 Å². The second-order valence-corrected chi connectivity index (χ2v) is 9.65. The molecule has 9 heteroatoms. The van der Waals surface area contributed by atoms with Gasteiger partial charge >= 0.3 is 6.09 Å². The van der Waals surface area contributed by atoms with Gasteiger partial charge in [-0.05, 0) is 65.7 Å². The minimum absolute atomic E-state index is 0.0504. The number of hydrogen-bond donors (Lipinski definition) is 4. The van der Waals surface area contributed by atoms with Crippen LogP contribution in [-0.2, 0) is 14.3 Å². The van der Waals surface area contributed by atoms with Crippen molar-refractivity contribution >= 4 is 17.9 Å². The van der Waals surface area contributed by atoms with Crippen LogP contribution in [0.5, 0.6) is 5.75 Å². The molecular weight excluding hydrogens is 414 g/mol. The van der Waals surface area contributed by atoms with Crippen molar-refractivity contribution in [1.82, 2.24) is 15.5 Å². The molecule has 0 aliphatic heterocycles. The van der Waals surface area contributed by atoms with Crippen molar-refractivity contribution in [1.29, 1.82) is 0 Å². The van der Waals surface area contributed by atoms with Gasteiger partial charge in [-0.15, -0.1) is 0 Å². The van der Waals surface area contributed by atoms with Crippen molar-refractivity contribution in [3.8, 4) is 5.75 Å². The van der Waals surface area contributed by atoms with Gasteiger partial charge in [0.1, 0.15) is 23.4 Å². The molecule has 0 saturated carbocycles. The molecule has 4 N–H and O–H groups in total. The number of benzene rings is 1. The number of carbonyl (C=O) groups excluding carboxylic acids is 3. The Labute approximate surface area is 190 Å². The third-order valence-corrected chi connectivity index (χ3v) is 4.16. The summed E-state index contributed by atoms with van der Waals surface area (Å²) in [7, 11) is 0. The number of rotatable bonds is 8. The first kappa shape index (κ1) is 27.2. The van der Waals surface area contributed by atoms with E-state index in [0.717, 1.165) is 0 Å². The predicted octanol–water partition coefficient (Wildman–Crippen LogP) is 2.47. The molecule has 180 valence electrons. The van der Waals surface area contributed by atoms with Crippen molar-refractivity contribution < 1.29 is 29.3 Å². The van der Waals surface area contributed by atoms with Gasteiger partial charge in [-0.2, -0.15) is 0 Å². The van der Waals surface area contributed by atoms with E-state index in [-0.39, 0.29) is 12.3 Å². The Morgan fingerprint density at radius 1 is 1.12 bits per heavy atom. The maximum atomic E-state index is 13.4. The largest absolute Gasteiger partial charge is 0.508 e. The van der Waals surface area contributed by atoms with Crippen LogP contribution in [0.15, 0.2) is 24.3 Å². The van der Waals surface area contributed by atoms with Gasteiger partial charge in [0.2, 0.25) is 11.8 Å². The molecule has 0 spiro atoms. The number of aliphatic hydroxyl groups excluding tert-OH is 1. The first-order chi connectivity index (χ1) is 14.7. The number of aliphatic hydroxyl groups is 1. The third kappa shape index (κ3) is 8.74. The van der Waals surface area contributed by atoms with E-state index in [4.69, 9.17) is 4.74 Å². The summed E-state index contributed by atoms with van der Waals surface area (Å²) in [5, 5.41) is 25.0. The van der Waals surface area contributed by atoms with Crippen LogP contribution in [0.3, 0.4) is 0 Å². The average molecular weight is 452 g/mol. The molecule has 1 aromatic rings. The summed E-state index contributed by atoms with van der Waals surface area (Å²) in [5.74, 6) is -1.14. The van der Waals surface area contributed by atoms with E-state index in [0.29, 0.717) is 12.0 Å². The highest BCUT2D eigenvalue weighted by molar-refractivity contribution is 5.92. The summed E-state index contributed by atoms with van der Waals surface area (Å²) >= 11 is 0. The molecule has 0 saturated heterocycles. The van der Waals surface area contributed by atoms with Crippen LogP contribution in [0.25, 0.3) is 0 Å². The molecule has 0 fully saturated rings. The van der Waals surface area contributed by atoms with Gasteiger partial charge in [-0.3, -0.25) is 9.59 Å². The number of phenols is 1. The highest BCUT2D eigenvalue weighted by Gasteiger charge is 2.36. The summed E-state index contributed by atoms with van der Waals surface area (Å²) in [6, 6.07) is 3.71. The van der Waals surface area contributed by atoms with Crippen LogP contribution in [0, 0.1) is 0 Å². The van der Waals surface area contributed by atoms with Crippen LogP contribution in [0.1, 0.15) is 66.5 Å². The number of alkyl carbamates (subject to hydrolysis) is 1. The number of nitrogens with zero attached hydrogens (tertiary/aromatic N) is 1. The topological polar surface area (TPSA) is 128 Å². The Morgan fingerprint density at radius 2 is 1.75 bits per heavy atom. The summed E-state index contributed by atoms with van der Waals surface area (Å²) in [6.07, 6.45) is -0.330. The molecule has 2 atom stereocenters. The van der Waals surface area contributed by atoms with Crippen molar-refractivity contribution in [3.05, 3.63) is 29.8 Å². The monoisotopic (exact) mass is 451 g/mol. The molecule has 1 rings (SSSR count). The van der Waals surface area contributed by atoms with Crippen LogP contribution in [-0.4, -0.2) is 63.4 Å². The molecule has 0 heterocycles. The summed E-state index contributed by atoms with van der Waals surface area (Å²) in [5.41, 5.74) is -0.951. The van der Waals surface area contributed by atoms with E-state index in [1.807, 2.05) is 27.7 Å². The van der Waals surface area contributed by atoms with Gasteiger partial charge in [0, 0.05) is 12.1 Å². The minimum Gasteiger partial charge on any atom is -0.508 e. The van der Waals surface area contributed by atoms with Crippen LogP contribution < -0.4 is 10.6 Å². The number of carbonyl (C=O) groups is 3. The lowest BCUT2D eigenvalue weighted by molar-refractivity contribution is -0.143. The lowest BCUT2D eigenvalue weighted by atomic mass is 10.00. The quantitative estimate of drug-likeness (QED) is 0.481. The van der Waals surface area contributed by atoms with E-state index < -0.39 is 47.7 Å². The van der Waals surface area contributed by atoms with Crippen LogP contribution in [0.2, 0.25) is 0 Å². The first-order valence-corrected chi connectivity index (χ1v) is 10.7.